The van der Waals surface area contributed by atoms with E-state index >= 15 is 0 Å². The Morgan fingerprint density at radius 1 is 1.04 bits per heavy atom. The van der Waals surface area contributed by atoms with Crippen LogP contribution in [0.15, 0.2) is 42.5 Å². The third-order valence-corrected chi connectivity index (χ3v) is 4.92. The van der Waals surface area contributed by atoms with Crippen molar-refractivity contribution in [3.63, 3.8) is 0 Å². The van der Waals surface area contributed by atoms with Gasteiger partial charge in [-0.1, -0.05) is 42.7 Å². The molecule has 0 radical (unpaired) electrons. The van der Waals surface area contributed by atoms with Crippen molar-refractivity contribution < 1.29 is 9.18 Å². The van der Waals surface area contributed by atoms with Crippen LogP contribution >= 0.6 is 0 Å². The van der Waals surface area contributed by atoms with Gasteiger partial charge in [0.25, 0.3) is 0 Å². The Kier molecular flexibility index (Phi) is 4.20. The molecule has 1 N–H and O–H groups in total. The summed E-state index contributed by atoms with van der Waals surface area (Å²) in [6.45, 7) is 4.04. The average molecular weight is 311 g/mol. The van der Waals surface area contributed by atoms with Crippen molar-refractivity contribution in [1.82, 2.24) is 0 Å². The molecular weight excluding hydrogens is 289 g/mol. The molecule has 1 aliphatic rings. The van der Waals surface area contributed by atoms with Gasteiger partial charge in [0.2, 0.25) is 5.91 Å². The first-order valence-corrected chi connectivity index (χ1v) is 8.16. The number of aryl methyl sites for hydroxylation is 2. The number of rotatable bonds is 3. The molecule has 1 amide bonds. The van der Waals surface area contributed by atoms with Gasteiger partial charge in [0.05, 0.1) is 5.41 Å². The fourth-order valence-corrected chi connectivity index (χ4v) is 3.59. The molecule has 0 aliphatic heterocycles. The van der Waals surface area contributed by atoms with E-state index in [9.17, 15) is 9.18 Å². The molecule has 1 saturated carbocycles. The quantitative estimate of drug-likeness (QED) is 0.859. The van der Waals surface area contributed by atoms with Crippen LogP contribution < -0.4 is 5.32 Å². The Morgan fingerprint density at radius 3 is 2.30 bits per heavy atom. The van der Waals surface area contributed by atoms with Crippen LogP contribution in [-0.2, 0) is 10.2 Å². The van der Waals surface area contributed by atoms with Gasteiger partial charge in [0.15, 0.2) is 0 Å². The van der Waals surface area contributed by atoms with Crippen LogP contribution in [-0.4, -0.2) is 5.91 Å². The van der Waals surface area contributed by atoms with Crippen molar-refractivity contribution in [2.45, 2.75) is 44.9 Å². The molecule has 1 fully saturated rings. The molecule has 0 aromatic heterocycles. The number of carbonyl (C=O) groups is 1. The van der Waals surface area contributed by atoms with Gasteiger partial charge >= 0.3 is 0 Å². The van der Waals surface area contributed by atoms with Crippen molar-refractivity contribution in [3.05, 3.63) is 65.0 Å². The summed E-state index contributed by atoms with van der Waals surface area (Å²) in [5, 5.41) is 3.10. The van der Waals surface area contributed by atoms with E-state index in [0.717, 1.165) is 42.5 Å². The number of carbonyl (C=O) groups excluding carboxylic acids is 1. The minimum absolute atomic E-state index is 0.0218. The molecule has 120 valence electrons. The molecule has 0 spiro atoms. The van der Waals surface area contributed by atoms with Gasteiger partial charge in [-0.3, -0.25) is 4.79 Å². The van der Waals surface area contributed by atoms with Crippen molar-refractivity contribution in [2.24, 2.45) is 0 Å². The number of halogens is 1. The number of hydrogen-bond acceptors (Lipinski definition) is 1. The van der Waals surface area contributed by atoms with Gasteiger partial charge in [-0.2, -0.15) is 0 Å². The van der Waals surface area contributed by atoms with Gasteiger partial charge in [-0.25, -0.2) is 4.39 Å². The minimum Gasteiger partial charge on any atom is -0.325 e. The third kappa shape index (κ3) is 3.00. The second kappa shape index (κ2) is 6.15. The van der Waals surface area contributed by atoms with E-state index in [1.54, 1.807) is 12.1 Å². The molecule has 3 rings (SSSR count). The summed E-state index contributed by atoms with van der Waals surface area (Å²) >= 11 is 0. The molecule has 0 unspecified atom stereocenters. The van der Waals surface area contributed by atoms with E-state index in [-0.39, 0.29) is 11.7 Å². The van der Waals surface area contributed by atoms with Crippen molar-refractivity contribution >= 4 is 11.6 Å². The lowest BCUT2D eigenvalue weighted by molar-refractivity contribution is -0.121. The molecule has 3 heteroatoms. The van der Waals surface area contributed by atoms with E-state index in [1.807, 2.05) is 26.0 Å². The first-order chi connectivity index (χ1) is 11.0. The molecule has 0 bridgehead atoms. The lowest BCUT2D eigenvalue weighted by Gasteiger charge is -2.28. The Balaban J connectivity index is 1.91. The largest absolute Gasteiger partial charge is 0.325 e. The van der Waals surface area contributed by atoms with Gasteiger partial charge in [0, 0.05) is 5.69 Å². The highest BCUT2D eigenvalue weighted by molar-refractivity contribution is 6.00. The highest BCUT2D eigenvalue weighted by atomic mass is 19.1. The predicted octanol–water partition coefficient (Wildman–Crippen LogP) is 4.89. The van der Waals surface area contributed by atoms with Crippen LogP contribution in [0.2, 0.25) is 0 Å². The summed E-state index contributed by atoms with van der Waals surface area (Å²) in [5.74, 6) is -0.245. The fourth-order valence-electron chi connectivity index (χ4n) is 3.59. The number of benzene rings is 2. The topological polar surface area (TPSA) is 29.1 Å². The third-order valence-electron chi connectivity index (χ3n) is 4.92. The van der Waals surface area contributed by atoms with E-state index in [1.165, 1.54) is 17.7 Å². The Morgan fingerprint density at radius 2 is 1.70 bits per heavy atom. The first-order valence-electron chi connectivity index (χ1n) is 8.16. The monoisotopic (exact) mass is 311 g/mol. The minimum atomic E-state index is -0.537. The molecular formula is C20H22FNO. The van der Waals surface area contributed by atoms with Gasteiger partial charge in [0.1, 0.15) is 5.82 Å². The van der Waals surface area contributed by atoms with E-state index < -0.39 is 5.41 Å². The normalized spacial score (nSPS) is 16.3. The zero-order chi connectivity index (χ0) is 16.4. The Hall–Kier alpha value is -2.16. The summed E-state index contributed by atoms with van der Waals surface area (Å²) in [7, 11) is 0. The molecule has 0 heterocycles. The van der Waals surface area contributed by atoms with Crippen LogP contribution in [0.4, 0.5) is 10.1 Å². The second-order valence-electron chi connectivity index (χ2n) is 6.57. The maximum Gasteiger partial charge on any atom is 0.235 e. The van der Waals surface area contributed by atoms with Crippen LogP contribution in [0.5, 0.6) is 0 Å². The van der Waals surface area contributed by atoms with Crippen LogP contribution in [0.25, 0.3) is 0 Å². The zero-order valence-electron chi connectivity index (χ0n) is 13.7. The zero-order valence-corrected chi connectivity index (χ0v) is 13.7. The lowest BCUT2D eigenvalue weighted by atomic mass is 9.78. The maximum absolute atomic E-state index is 13.2. The number of amides is 1. The highest BCUT2D eigenvalue weighted by Gasteiger charge is 2.42. The van der Waals surface area contributed by atoms with Crippen molar-refractivity contribution in [2.75, 3.05) is 5.32 Å². The highest BCUT2D eigenvalue weighted by Crippen LogP contribution is 2.42. The van der Waals surface area contributed by atoms with Crippen LogP contribution in [0.3, 0.4) is 0 Å². The summed E-state index contributed by atoms with van der Waals surface area (Å²) in [5.41, 5.74) is 3.47. The summed E-state index contributed by atoms with van der Waals surface area (Å²) < 4.78 is 13.2. The predicted molar refractivity (Wildman–Crippen MR) is 91.1 cm³/mol. The first kappa shape index (κ1) is 15.7. The standard InChI is InChI=1S/C20H22FNO/c1-14-5-10-18(15(2)13-14)22-19(23)20(11-3-4-12-20)16-6-8-17(21)9-7-16/h5-10,13H,3-4,11-12H2,1-2H3,(H,22,23). The van der Waals surface area contributed by atoms with Gasteiger partial charge < -0.3 is 5.32 Å². The molecule has 2 nitrogen and oxygen atoms in total. The van der Waals surface area contributed by atoms with Crippen molar-refractivity contribution in [3.8, 4) is 0 Å². The van der Waals surface area contributed by atoms with E-state index in [0.29, 0.717) is 0 Å². The smallest absolute Gasteiger partial charge is 0.235 e. The fraction of sp³-hybridized carbons (Fsp3) is 0.350. The van der Waals surface area contributed by atoms with E-state index in [4.69, 9.17) is 0 Å². The molecule has 23 heavy (non-hydrogen) atoms. The molecule has 0 saturated heterocycles. The summed E-state index contributed by atoms with van der Waals surface area (Å²) in [6.07, 6.45) is 3.68. The summed E-state index contributed by atoms with van der Waals surface area (Å²) in [6, 6.07) is 12.4. The van der Waals surface area contributed by atoms with Crippen LogP contribution in [0.1, 0.15) is 42.4 Å². The van der Waals surface area contributed by atoms with Gasteiger partial charge in [-0.15, -0.1) is 0 Å². The SMILES string of the molecule is Cc1ccc(NC(=O)C2(c3ccc(F)cc3)CCCC2)c(C)c1. The Bertz CT molecular complexity index is 715. The van der Waals surface area contributed by atoms with Crippen molar-refractivity contribution in [1.29, 1.82) is 0 Å². The molecule has 2 aromatic rings. The molecule has 2 aromatic carbocycles. The summed E-state index contributed by atoms with van der Waals surface area (Å²) in [4.78, 5) is 13.1. The number of nitrogens with one attached hydrogen (secondary N) is 1. The van der Waals surface area contributed by atoms with E-state index in [2.05, 4.69) is 11.4 Å². The maximum atomic E-state index is 13.2. The average Bonchev–Trinajstić information content (AvgIpc) is 3.01. The number of hydrogen-bond donors (Lipinski definition) is 1. The number of anilines is 1. The second-order valence-corrected chi connectivity index (χ2v) is 6.57. The van der Waals surface area contributed by atoms with Crippen LogP contribution in [0, 0.1) is 19.7 Å². The lowest BCUT2D eigenvalue weighted by Crippen LogP contribution is -2.38. The Labute approximate surface area is 136 Å². The molecule has 1 aliphatic carbocycles. The molecule has 0 atom stereocenters. The van der Waals surface area contributed by atoms with Gasteiger partial charge in [-0.05, 0) is 56.0 Å².